The average Bonchev–Trinajstić information content (AvgIpc) is 3.07. The van der Waals surface area contributed by atoms with Gasteiger partial charge in [0.15, 0.2) is 17.6 Å². The van der Waals surface area contributed by atoms with Crippen molar-refractivity contribution in [3.8, 4) is 11.5 Å². The maximum atomic E-state index is 6.19. The van der Waals surface area contributed by atoms with Crippen molar-refractivity contribution in [1.82, 2.24) is 14.9 Å². The van der Waals surface area contributed by atoms with Gasteiger partial charge in [-0.05, 0) is 31.5 Å². The molecular weight excluding hydrogens is 412 g/mol. The van der Waals surface area contributed by atoms with Gasteiger partial charge in [-0.3, -0.25) is 4.90 Å². The number of thiophene rings is 1. The second kappa shape index (κ2) is 8.61. The number of para-hydroxylation sites is 2. The Kier molecular flexibility index (Phi) is 5.69. The van der Waals surface area contributed by atoms with Crippen LogP contribution in [-0.2, 0) is 11.3 Å². The highest BCUT2D eigenvalue weighted by molar-refractivity contribution is 7.18. The van der Waals surface area contributed by atoms with Gasteiger partial charge in [0.25, 0.3) is 0 Å². The molecule has 5 rings (SSSR count). The highest BCUT2D eigenvalue weighted by Crippen LogP contribution is 2.36. The molecule has 0 amide bonds. The van der Waals surface area contributed by atoms with E-state index in [-0.39, 0.29) is 6.10 Å². The minimum Gasteiger partial charge on any atom is -0.486 e. The van der Waals surface area contributed by atoms with Crippen LogP contribution in [-0.4, -0.2) is 67.5 Å². The third kappa shape index (κ3) is 4.20. The van der Waals surface area contributed by atoms with Crippen molar-refractivity contribution in [2.45, 2.75) is 26.5 Å². The van der Waals surface area contributed by atoms with E-state index in [0.717, 1.165) is 66.2 Å². The number of likely N-dealkylation sites (N-methyl/N-ethyl adjacent to an activating group) is 1. The number of benzene rings is 1. The first-order chi connectivity index (χ1) is 15.1. The molecule has 0 aliphatic carbocycles. The fourth-order valence-electron chi connectivity index (χ4n) is 4.12. The van der Waals surface area contributed by atoms with E-state index in [4.69, 9.17) is 24.2 Å². The number of fused-ring (bicyclic) bond motifs is 2. The van der Waals surface area contributed by atoms with Gasteiger partial charge in [0, 0.05) is 25.0 Å². The zero-order valence-corrected chi connectivity index (χ0v) is 19.1. The lowest BCUT2D eigenvalue weighted by molar-refractivity contribution is 0.0331. The third-order valence-electron chi connectivity index (χ3n) is 5.93. The molecule has 164 valence electrons. The second-order valence-electron chi connectivity index (χ2n) is 8.19. The Labute approximate surface area is 186 Å². The largest absolute Gasteiger partial charge is 0.486 e. The summed E-state index contributed by atoms with van der Waals surface area (Å²) in [7, 11) is 2.08. The van der Waals surface area contributed by atoms with Crippen LogP contribution in [0.25, 0.3) is 10.2 Å². The summed E-state index contributed by atoms with van der Waals surface area (Å²) < 4.78 is 17.6. The summed E-state index contributed by atoms with van der Waals surface area (Å²) >= 11 is 1.75. The molecule has 3 aromatic rings. The Bertz CT molecular complexity index is 1080. The standard InChI is InChI=1S/C23H28N4O3S/c1-15-16(2)31-23-21(15)22(24-20(25-23)13-27-8-10-28-11-9-27)26(3)12-17-14-29-18-6-4-5-7-19(18)30-17/h4-7,17H,8-14H2,1-3H3. The lowest BCUT2D eigenvalue weighted by atomic mass is 10.2. The van der Waals surface area contributed by atoms with Gasteiger partial charge in [-0.1, -0.05) is 12.1 Å². The molecule has 1 atom stereocenters. The Hall–Kier alpha value is -2.42. The summed E-state index contributed by atoms with van der Waals surface area (Å²) in [6.45, 7) is 9.65. The van der Waals surface area contributed by atoms with E-state index in [1.165, 1.54) is 10.4 Å². The van der Waals surface area contributed by atoms with Crippen molar-refractivity contribution in [2.75, 3.05) is 51.4 Å². The van der Waals surface area contributed by atoms with Crippen LogP contribution in [0.15, 0.2) is 24.3 Å². The Morgan fingerprint density at radius 3 is 2.71 bits per heavy atom. The summed E-state index contributed by atoms with van der Waals surface area (Å²) in [5.74, 6) is 3.44. The molecule has 1 unspecified atom stereocenters. The molecule has 1 aromatic carbocycles. The van der Waals surface area contributed by atoms with Crippen molar-refractivity contribution < 1.29 is 14.2 Å². The highest BCUT2D eigenvalue weighted by Gasteiger charge is 2.25. The molecule has 2 aliphatic rings. The van der Waals surface area contributed by atoms with Crippen LogP contribution in [0.4, 0.5) is 5.82 Å². The first-order valence-corrected chi connectivity index (χ1v) is 11.6. The lowest BCUT2D eigenvalue weighted by Gasteiger charge is -2.30. The normalized spacial score (nSPS) is 19.0. The summed E-state index contributed by atoms with van der Waals surface area (Å²) in [5.41, 5.74) is 1.26. The van der Waals surface area contributed by atoms with E-state index in [1.54, 1.807) is 11.3 Å². The van der Waals surface area contributed by atoms with E-state index < -0.39 is 0 Å². The molecule has 8 heteroatoms. The molecule has 0 radical (unpaired) electrons. The molecule has 2 aromatic heterocycles. The van der Waals surface area contributed by atoms with Crippen molar-refractivity contribution in [3.63, 3.8) is 0 Å². The van der Waals surface area contributed by atoms with Gasteiger partial charge in [0.2, 0.25) is 0 Å². The molecule has 0 spiro atoms. The molecule has 1 saturated heterocycles. The number of rotatable bonds is 5. The summed E-state index contributed by atoms with van der Waals surface area (Å²) in [6.07, 6.45) is -0.0624. The number of aryl methyl sites for hydroxylation is 2. The predicted molar refractivity (Wildman–Crippen MR) is 123 cm³/mol. The SMILES string of the molecule is Cc1sc2nc(CN3CCOCC3)nc(N(C)CC3COc4ccccc4O3)c2c1C. The van der Waals surface area contributed by atoms with Crippen molar-refractivity contribution in [1.29, 1.82) is 0 Å². The minimum absolute atomic E-state index is 0.0624. The Morgan fingerprint density at radius 1 is 1.13 bits per heavy atom. The quantitative estimate of drug-likeness (QED) is 0.602. The number of nitrogens with zero attached hydrogens (tertiary/aromatic N) is 4. The number of aromatic nitrogens is 2. The fourth-order valence-corrected chi connectivity index (χ4v) is 5.17. The van der Waals surface area contributed by atoms with Crippen LogP contribution in [0.3, 0.4) is 0 Å². The van der Waals surface area contributed by atoms with Crippen molar-refractivity contribution in [2.24, 2.45) is 0 Å². The van der Waals surface area contributed by atoms with E-state index in [1.807, 2.05) is 24.3 Å². The molecule has 4 heterocycles. The van der Waals surface area contributed by atoms with Gasteiger partial charge in [-0.2, -0.15) is 0 Å². The van der Waals surface area contributed by atoms with Crippen LogP contribution < -0.4 is 14.4 Å². The average molecular weight is 441 g/mol. The van der Waals surface area contributed by atoms with E-state index in [9.17, 15) is 0 Å². The fraction of sp³-hybridized carbons (Fsp3) is 0.478. The molecule has 1 fully saturated rings. The third-order valence-corrected chi connectivity index (χ3v) is 7.03. The number of hydrogen-bond donors (Lipinski definition) is 0. The topological polar surface area (TPSA) is 60.0 Å². The molecule has 0 N–H and O–H groups in total. The highest BCUT2D eigenvalue weighted by atomic mass is 32.1. The van der Waals surface area contributed by atoms with Gasteiger partial charge in [-0.15, -0.1) is 11.3 Å². The van der Waals surface area contributed by atoms with E-state index in [2.05, 4.69) is 30.7 Å². The van der Waals surface area contributed by atoms with E-state index in [0.29, 0.717) is 13.2 Å². The minimum atomic E-state index is -0.0624. The van der Waals surface area contributed by atoms with Crippen LogP contribution >= 0.6 is 11.3 Å². The van der Waals surface area contributed by atoms with Gasteiger partial charge in [0.05, 0.1) is 31.7 Å². The van der Waals surface area contributed by atoms with Crippen molar-refractivity contribution in [3.05, 3.63) is 40.5 Å². The number of ether oxygens (including phenoxy) is 3. The number of morpholine rings is 1. The van der Waals surface area contributed by atoms with Crippen LogP contribution in [0.5, 0.6) is 11.5 Å². The smallest absolute Gasteiger partial charge is 0.161 e. The zero-order valence-electron chi connectivity index (χ0n) is 18.3. The lowest BCUT2D eigenvalue weighted by Crippen LogP contribution is -2.40. The summed E-state index contributed by atoms with van der Waals surface area (Å²) in [6, 6.07) is 7.83. The predicted octanol–water partition coefficient (Wildman–Crippen LogP) is 3.42. The maximum absolute atomic E-state index is 6.19. The molecule has 7 nitrogen and oxygen atoms in total. The number of anilines is 1. The second-order valence-corrected chi connectivity index (χ2v) is 9.40. The van der Waals surface area contributed by atoms with Gasteiger partial charge >= 0.3 is 0 Å². The van der Waals surface area contributed by atoms with Crippen LogP contribution in [0.1, 0.15) is 16.3 Å². The van der Waals surface area contributed by atoms with Gasteiger partial charge < -0.3 is 19.1 Å². The summed E-state index contributed by atoms with van der Waals surface area (Å²) in [4.78, 5) is 16.8. The molecule has 2 aliphatic heterocycles. The Balaban J connectivity index is 1.41. The van der Waals surface area contributed by atoms with Crippen LogP contribution in [0.2, 0.25) is 0 Å². The Morgan fingerprint density at radius 2 is 1.90 bits per heavy atom. The van der Waals surface area contributed by atoms with Crippen molar-refractivity contribution >= 4 is 27.4 Å². The molecular formula is C23H28N4O3S. The zero-order chi connectivity index (χ0) is 21.4. The van der Waals surface area contributed by atoms with Gasteiger partial charge in [0.1, 0.15) is 23.1 Å². The summed E-state index contributed by atoms with van der Waals surface area (Å²) in [5, 5.41) is 1.15. The van der Waals surface area contributed by atoms with Gasteiger partial charge in [-0.25, -0.2) is 9.97 Å². The number of hydrogen-bond acceptors (Lipinski definition) is 8. The monoisotopic (exact) mass is 440 g/mol. The maximum Gasteiger partial charge on any atom is 0.161 e. The molecule has 31 heavy (non-hydrogen) atoms. The first kappa shape index (κ1) is 20.5. The van der Waals surface area contributed by atoms with E-state index >= 15 is 0 Å². The molecule has 0 saturated carbocycles. The first-order valence-electron chi connectivity index (χ1n) is 10.7. The molecule has 0 bridgehead atoms. The van der Waals surface area contributed by atoms with Crippen LogP contribution in [0, 0.1) is 13.8 Å².